The van der Waals surface area contributed by atoms with Gasteiger partial charge in [0.05, 0.1) is 12.1 Å². The molecule has 0 aromatic heterocycles. The highest BCUT2D eigenvalue weighted by atomic mass is 16.3. The predicted octanol–water partition coefficient (Wildman–Crippen LogP) is 1.73. The number of hydrogen-bond acceptors (Lipinski definition) is 2. The fourth-order valence-electron chi connectivity index (χ4n) is 3.12. The Morgan fingerprint density at radius 2 is 2.00 bits per heavy atom. The third kappa shape index (κ3) is 1.65. The van der Waals surface area contributed by atoms with Crippen LogP contribution >= 0.6 is 0 Å². The number of carbonyl (C=O) groups is 1. The van der Waals surface area contributed by atoms with Gasteiger partial charge >= 0.3 is 0 Å². The van der Waals surface area contributed by atoms with E-state index in [1.54, 1.807) is 0 Å². The summed E-state index contributed by atoms with van der Waals surface area (Å²) in [6, 6.07) is 7.98. The van der Waals surface area contributed by atoms with Crippen molar-refractivity contribution >= 4 is 5.91 Å². The lowest BCUT2D eigenvalue weighted by Gasteiger charge is -2.22. The van der Waals surface area contributed by atoms with Crippen molar-refractivity contribution < 1.29 is 9.90 Å². The summed E-state index contributed by atoms with van der Waals surface area (Å²) in [6.07, 6.45) is 2.42. The second-order valence-corrected chi connectivity index (χ2v) is 5.18. The van der Waals surface area contributed by atoms with Crippen molar-refractivity contribution in [3.63, 3.8) is 0 Å². The van der Waals surface area contributed by atoms with Gasteiger partial charge in [0, 0.05) is 11.6 Å². The van der Waals surface area contributed by atoms with Crippen molar-refractivity contribution in [1.29, 1.82) is 0 Å². The summed E-state index contributed by atoms with van der Waals surface area (Å²) in [5.41, 5.74) is 1.90. The van der Waals surface area contributed by atoms with Gasteiger partial charge in [-0.1, -0.05) is 17.7 Å². The molecule has 0 spiro atoms. The fourth-order valence-corrected chi connectivity index (χ4v) is 3.12. The molecular formula is C14H17NO2. The van der Waals surface area contributed by atoms with Gasteiger partial charge < -0.3 is 10.0 Å². The number of carbonyl (C=O) groups excluding carboxylic acids is 1. The van der Waals surface area contributed by atoms with Crippen LogP contribution in [0.5, 0.6) is 0 Å². The summed E-state index contributed by atoms with van der Waals surface area (Å²) in [6.45, 7) is 2.01. The van der Waals surface area contributed by atoms with Crippen molar-refractivity contribution in [2.24, 2.45) is 0 Å². The molecule has 3 nitrogen and oxygen atoms in total. The van der Waals surface area contributed by atoms with Crippen LogP contribution in [0.4, 0.5) is 0 Å². The molecule has 0 radical (unpaired) electrons. The molecule has 0 unspecified atom stereocenters. The average molecular weight is 231 g/mol. The highest BCUT2D eigenvalue weighted by Gasteiger charge is 2.47. The Morgan fingerprint density at radius 1 is 1.29 bits per heavy atom. The maximum absolute atomic E-state index is 12.4. The Kier molecular flexibility index (Phi) is 2.44. The number of aliphatic hydroxyl groups excluding tert-OH is 1. The Hall–Kier alpha value is -1.35. The highest BCUT2D eigenvalue weighted by molar-refractivity contribution is 5.95. The summed E-state index contributed by atoms with van der Waals surface area (Å²) in [7, 11) is 0. The molecule has 17 heavy (non-hydrogen) atoms. The van der Waals surface area contributed by atoms with E-state index in [0.717, 1.165) is 30.4 Å². The zero-order chi connectivity index (χ0) is 12.0. The van der Waals surface area contributed by atoms with Crippen molar-refractivity contribution in [2.75, 3.05) is 0 Å². The maximum atomic E-state index is 12.4. The molecule has 2 aliphatic heterocycles. The molecular weight excluding hydrogens is 214 g/mol. The summed E-state index contributed by atoms with van der Waals surface area (Å²) in [5.74, 6) is 0.0778. The van der Waals surface area contributed by atoms with Crippen LogP contribution in [0, 0.1) is 6.92 Å². The monoisotopic (exact) mass is 231 g/mol. The van der Waals surface area contributed by atoms with Crippen molar-refractivity contribution in [3.05, 3.63) is 35.4 Å². The van der Waals surface area contributed by atoms with Gasteiger partial charge in [-0.2, -0.15) is 0 Å². The zero-order valence-electron chi connectivity index (χ0n) is 9.97. The molecule has 2 bridgehead atoms. The standard InChI is InChI=1S/C14H17NO2/c1-9-2-4-10(5-3-9)14(17)15-11-6-7-12(15)13(16)8-11/h2-5,11-13,16H,6-8H2,1H3/t11-,12+,13+/m1/s1. The van der Waals surface area contributed by atoms with Gasteiger partial charge in [-0.05, 0) is 38.3 Å². The third-order valence-electron chi connectivity index (χ3n) is 4.04. The molecule has 3 atom stereocenters. The van der Waals surface area contributed by atoms with Crippen LogP contribution in [0.3, 0.4) is 0 Å². The van der Waals surface area contributed by atoms with E-state index in [1.165, 1.54) is 0 Å². The van der Waals surface area contributed by atoms with Gasteiger partial charge in [0.2, 0.25) is 0 Å². The van der Waals surface area contributed by atoms with Crippen LogP contribution in [0.25, 0.3) is 0 Å². The minimum absolute atomic E-state index is 0.0498. The first-order chi connectivity index (χ1) is 8.16. The van der Waals surface area contributed by atoms with E-state index in [2.05, 4.69) is 0 Å². The Morgan fingerprint density at radius 3 is 2.53 bits per heavy atom. The van der Waals surface area contributed by atoms with Gasteiger partial charge in [0.15, 0.2) is 0 Å². The molecule has 1 amide bonds. The smallest absolute Gasteiger partial charge is 0.254 e. The van der Waals surface area contributed by atoms with E-state index >= 15 is 0 Å². The summed E-state index contributed by atoms with van der Waals surface area (Å²) in [4.78, 5) is 14.3. The highest BCUT2D eigenvalue weighted by Crippen LogP contribution is 2.38. The van der Waals surface area contributed by atoms with Crippen LogP contribution in [0.2, 0.25) is 0 Å². The van der Waals surface area contributed by atoms with Crippen LogP contribution < -0.4 is 0 Å². The molecule has 2 fully saturated rings. The van der Waals surface area contributed by atoms with E-state index in [9.17, 15) is 9.90 Å². The Bertz CT molecular complexity index is 440. The van der Waals surface area contributed by atoms with Gasteiger partial charge in [-0.3, -0.25) is 4.79 Å². The normalized spacial score (nSPS) is 30.9. The lowest BCUT2D eigenvalue weighted by Crippen LogP contribution is -2.37. The van der Waals surface area contributed by atoms with Gasteiger partial charge in [-0.25, -0.2) is 0 Å². The van der Waals surface area contributed by atoms with Crippen molar-refractivity contribution in [1.82, 2.24) is 4.90 Å². The molecule has 90 valence electrons. The van der Waals surface area contributed by atoms with Gasteiger partial charge in [-0.15, -0.1) is 0 Å². The molecule has 1 N–H and O–H groups in total. The quantitative estimate of drug-likeness (QED) is 0.799. The topological polar surface area (TPSA) is 40.5 Å². The molecule has 2 heterocycles. The van der Waals surface area contributed by atoms with E-state index in [1.807, 2.05) is 36.1 Å². The number of hydrogen-bond donors (Lipinski definition) is 1. The molecule has 3 heteroatoms. The minimum atomic E-state index is -0.317. The summed E-state index contributed by atoms with van der Waals surface area (Å²) >= 11 is 0. The number of rotatable bonds is 1. The zero-order valence-corrected chi connectivity index (χ0v) is 9.97. The molecule has 2 saturated heterocycles. The Labute approximate surface area is 101 Å². The lowest BCUT2D eigenvalue weighted by atomic mass is 9.98. The lowest BCUT2D eigenvalue weighted by molar-refractivity contribution is 0.0665. The number of benzene rings is 1. The maximum Gasteiger partial charge on any atom is 0.254 e. The van der Waals surface area contributed by atoms with Crippen LogP contribution in [0.15, 0.2) is 24.3 Å². The largest absolute Gasteiger partial charge is 0.391 e. The van der Waals surface area contributed by atoms with Crippen molar-refractivity contribution in [2.45, 2.75) is 44.4 Å². The molecule has 2 aliphatic rings. The van der Waals surface area contributed by atoms with Gasteiger partial charge in [0.1, 0.15) is 0 Å². The average Bonchev–Trinajstić information content (AvgIpc) is 2.85. The first kappa shape index (κ1) is 10.8. The second-order valence-electron chi connectivity index (χ2n) is 5.18. The van der Waals surface area contributed by atoms with Crippen molar-refractivity contribution in [3.8, 4) is 0 Å². The van der Waals surface area contributed by atoms with Crippen LogP contribution in [-0.4, -0.2) is 34.1 Å². The molecule has 3 rings (SSSR count). The van der Waals surface area contributed by atoms with E-state index < -0.39 is 0 Å². The first-order valence-corrected chi connectivity index (χ1v) is 6.24. The number of aryl methyl sites for hydroxylation is 1. The van der Waals surface area contributed by atoms with Crippen LogP contribution in [-0.2, 0) is 0 Å². The summed E-state index contributed by atoms with van der Waals surface area (Å²) in [5, 5.41) is 9.84. The van der Waals surface area contributed by atoms with E-state index in [-0.39, 0.29) is 24.1 Å². The molecule has 1 aromatic rings. The van der Waals surface area contributed by atoms with E-state index in [0.29, 0.717) is 0 Å². The van der Waals surface area contributed by atoms with Gasteiger partial charge in [0.25, 0.3) is 5.91 Å². The first-order valence-electron chi connectivity index (χ1n) is 6.24. The minimum Gasteiger partial charge on any atom is -0.391 e. The number of fused-ring (bicyclic) bond motifs is 2. The molecule has 0 saturated carbocycles. The number of nitrogens with zero attached hydrogens (tertiary/aromatic N) is 1. The number of aliphatic hydroxyl groups is 1. The van der Waals surface area contributed by atoms with E-state index in [4.69, 9.17) is 0 Å². The summed E-state index contributed by atoms with van der Waals surface area (Å²) < 4.78 is 0. The van der Waals surface area contributed by atoms with Crippen LogP contribution in [0.1, 0.15) is 35.2 Å². The predicted molar refractivity (Wildman–Crippen MR) is 64.8 cm³/mol. The Balaban J connectivity index is 1.86. The third-order valence-corrected chi connectivity index (χ3v) is 4.04. The molecule has 1 aromatic carbocycles. The molecule has 0 aliphatic carbocycles. The SMILES string of the molecule is Cc1ccc(C(=O)N2[C@@H]3CC[C@H]2[C@@H](O)C3)cc1. The second kappa shape index (κ2) is 3.84. The fraction of sp³-hybridized carbons (Fsp3) is 0.500. The number of amides is 1.